The highest BCUT2D eigenvalue weighted by Crippen LogP contribution is 2.27. The van der Waals surface area contributed by atoms with E-state index in [9.17, 15) is 9.90 Å². The molecule has 0 saturated heterocycles. The number of aromatic carboxylic acids is 1. The molecular formula is C18H21NO3S2. The minimum Gasteiger partial charge on any atom is -0.507 e. The summed E-state index contributed by atoms with van der Waals surface area (Å²) in [5.41, 5.74) is 0.610. The molecule has 6 heteroatoms. The summed E-state index contributed by atoms with van der Waals surface area (Å²) in [6.07, 6.45) is 4.42. The first-order chi connectivity index (χ1) is 11.5. The number of phenols is 1. The van der Waals surface area contributed by atoms with E-state index in [1.165, 1.54) is 18.6 Å². The highest BCUT2D eigenvalue weighted by molar-refractivity contribution is 7.81. The number of hydrogen-bond donors (Lipinski definition) is 2. The smallest absolute Gasteiger partial charge is 0.339 e. The Morgan fingerprint density at radius 2 is 2.04 bits per heavy atom. The fourth-order valence-electron chi connectivity index (χ4n) is 2.45. The molecule has 1 aromatic carbocycles. The van der Waals surface area contributed by atoms with Gasteiger partial charge in [-0.2, -0.15) is 0 Å². The first-order valence-electron chi connectivity index (χ1n) is 7.96. The number of nitrogens with zero attached hydrogens (tertiary/aromatic N) is 1. The lowest BCUT2D eigenvalue weighted by Gasteiger charge is -2.25. The van der Waals surface area contributed by atoms with Gasteiger partial charge in [-0.05, 0) is 30.0 Å². The first kappa shape index (κ1) is 18.4. The van der Waals surface area contributed by atoms with E-state index in [-0.39, 0.29) is 11.3 Å². The molecule has 0 saturated carbocycles. The van der Waals surface area contributed by atoms with Crippen LogP contribution in [0.5, 0.6) is 5.75 Å². The van der Waals surface area contributed by atoms with Crippen LogP contribution in [0.4, 0.5) is 5.69 Å². The van der Waals surface area contributed by atoms with Gasteiger partial charge in [0.15, 0.2) is 0 Å². The van der Waals surface area contributed by atoms with Gasteiger partial charge in [0, 0.05) is 18.3 Å². The molecule has 0 aliphatic heterocycles. The Bertz CT molecular complexity index is 698. The van der Waals surface area contributed by atoms with Crippen LogP contribution in [0.25, 0.3) is 0 Å². The third kappa shape index (κ3) is 4.55. The zero-order valence-electron chi connectivity index (χ0n) is 13.6. The van der Waals surface area contributed by atoms with Crippen molar-refractivity contribution in [1.29, 1.82) is 0 Å². The van der Waals surface area contributed by atoms with E-state index in [0.717, 1.165) is 30.7 Å². The molecule has 128 valence electrons. The summed E-state index contributed by atoms with van der Waals surface area (Å²) in [6.45, 7) is 2.90. The van der Waals surface area contributed by atoms with Crippen LogP contribution >= 0.6 is 23.6 Å². The minimum absolute atomic E-state index is 0.105. The SMILES string of the molecule is CCCCCCN(C(=S)c1cccs1)c1ccc(C(=O)O)c(O)c1. The van der Waals surface area contributed by atoms with Crippen molar-refractivity contribution >= 4 is 40.2 Å². The quantitative estimate of drug-likeness (QED) is 0.515. The highest BCUT2D eigenvalue weighted by Gasteiger charge is 2.17. The van der Waals surface area contributed by atoms with E-state index in [4.69, 9.17) is 17.3 Å². The molecule has 1 aromatic heterocycles. The van der Waals surface area contributed by atoms with E-state index in [2.05, 4.69) is 6.92 Å². The Labute approximate surface area is 151 Å². The summed E-state index contributed by atoms with van der Waals surface area (Å²) in [5, 5.41) is 21.0. The molecule has 4 nitrogen and oxygen atoms in total. The Hall–Kier alpha value is -1.92. The predicted octanol–water partition coefficient (Wildman–Crippen LogP) is 4.91. The lowest BCUT2D eigenvalue weighted by molar-refractivity contribution is 0.0694. The molecule has 0 aliphatic rings. The molecule has 0 fully saturated rings. The van der Waals surface area contributed by atoms with Gasteiger partial charge in [0.25, 0.3) is 0 Å². The molecule has 2 N–H and O–H groups in total. The van der Waals surface area contributed by atoms with Gasteiger partial charge in [-0.3, -0.25) is 0 Å². The van der Waals surface area contributed by atoms with E-state index < -0.39 is 5.97 Å². The average molecular weight is 364 g/mol. The van der Waals surface area contributed by atoms with Gasteiger partial charge in [-0.25, -0.2) is 4.79 Å². The second kappa shape index (κ2) is 8.80. The van der Waals surface area contributed by atoms with Crippen molar-refractivity contribution in [1.82, 2.24) is 0 Å². The van der Waals surface area contributed by atoms with Crippen LogP contribution in [0.2, 0.25) is 0 Å². The maximum atomic E-state index is 11.1. The number of aromatic hydroxyl groups is 1. The number of carbonyl (C=O) groups is 1. The molecule has 0 bridgehead atoms. The molecule has 0 unspecified atom stereocenters. The van der Waals surface area contributed by atoms with Crippen LogP contribution < -0.4 is 4.90 Å². The van der Waals surface area contributed by atoms with Crippen LogP contribution in [0.1, 0.15) is 47.8 Å². The number of carboxylic acid groups (broad SMARTS) is 1. The van der Waals surface area contributed by atoms with Crippen LogP contribution in [-0.4, -0.2) is 27.7 Å². The van der Waals surface area contributed by atoms with Crippen molar-refractivity contribution in [2.24, 2.45) is 0 Å². The standard InChI is InChI=1S/C18H21NO3S2/c1-2-3-4-5-10-19(17(23)16-7-6-11-24-16)13-8-9-14(18(21)22)15(20)12-13/h6-9,11-12,20H,2-5,10H2,1H3,(H,21,22). The summed E-state index contributed by atoms with van der Waals surface area (Å²) >= 11 is 7.19. The van der Waals surface area contributed by atoms with E-state index in [1.54, 1.807) is 17.4 Å². The van der Waals surface area contributed by atoms with E-state index >= 15 is 0 Å². The number of thiocarbonyl (C=S) groups is 1. The normalized spacial score (nSPS) is 10.5. The largest absolute Gasteiger partial charge is 0.507 e. The maximum Gasteiger partial charge on any atom is 0.339 e. The summed E-state index contributed by atoms with van der Waals surface area (Å²) in [7, 11) is 0. The van der Waals surface area contributed by atoms with E-state index in [1.807, 2.05) is 22.4 Å². The summed E-state index contributed by atoms with van der Waals surface area (Å²) in [5.74, 6) is -1.39. The summed E-state index contributed by atoms with van der Waals surface area (Å²) in [4.78, 5) is 14.7. The molecule has 2 rings (SSSR count). The van der Waals surface area contributed by atoms with Crippen LogP contribution in [0.3, 0.4) is 0 Å². The average Bonchev–Trinajstić information content (AvgIpc) is 3.08. The van der Waals surface area contributed by atoms with Crippen LogP contribution in [0.15, 0.2) is 35.7 Å². The second-order valence-electron chi connectivity index (χ2n) is 5.50. The monoisotopic (exact) mass is 363 g/mol. The molecule has 0 aliphatic carbocycles. The van der Waals surface area contributed by atoms with Gasteiger partial charge in [-0.1, -0.05) is 44.5 Å². The topological polar surface area (TPSA) is 60.8 Å². The molecular weight excluding hydrogens is 342 g/mol. The minimum atomic E-state index is -1.14. The Kier molecular flexibility index (Phi) is 6.75. The molecule has 0 atom stereocenters. The molecule has 0 spiro atoms. The van der Waals surface area contributed by atoms with Gasteiger partial charge in [0.2, 0.25) is 0 Å². The molecule has 2 aromatic rings. The lowest BCUT2D eigenvalue weighted by Crippen LogP contribution is -2.30. The fraction of sp³-hybridized carbons (Fsp3) is 0.333. The van der Waals surface area contributed by atoms with Crippen molar-refractivity contribution in [3.05, 3.63) is 46.2 Å². The van der Waals surface area contributed by atoms with Crippen molar-refractivity contribution in [2.75, 3.05) is 11.4 Å². The third-order valence-electron chi connectivity index (χ3n) is 3.74. The van der Waals surface area contributed by atoms with Crippen molar-refractivity contribution in [2.45, 2.75) is 32.6 Å². The number of hydrogen-bond acceptors (Lipinski definition) is 4. The van der Waals surface area contributed by atoms with Crippen LogP contribution in [0, 0.1) is 0 Å². The number of benzene rings is 1. The zero-order valence-corrected chi connectivity index (χ0v) is 15.2. The Morgan fingerprint density at radius 1 is 1.25 bits per heavy atom. The number of thiophene rings is 1. The van der Waals surface area contributed by atoms with Crippen molar-refractivity contribution in [3.8, 4) is 5.75 Å². The van der Waals surface area contributed by atoms with Crippen molar-refractivity contribution in [3.63, 3.8) is 0 Å². The maximum absolute atomic E-state index is 11.1. The summed E-state index contributed by atoms with van der Waals surface area (Å²) in [6, 6.07) is 8.51. The molecule has 24 heavy (non-hydrogen) atoms. The Morgan fingerprint density at radius 3 is 2.62 bits per heavy atom. The van der Waals surface area contributed by atoms with Gasteiger partial charge in [-0.15, -0.1) is 11.3 Å². The Balaban J connectivity index is 2.26. The van der Waals surface area contributed by atoms with Gasteiger partial charge < -0.3 is 15.1 Å². The summed E-state index contributed by atoms with van der Waals surface area (Å²) < 4.78 is 0. The number of rotatable bonds is 8. The molecule has 1 heterocycles. The highest BCUT2D eigenvalue weighted by atomic mass is 32.1. The first-order valence-corrected chi connectivity index (χ1v) is 9.25. The number of carboxylic acids is 1. The zero-order chi connectivity index (χ0) is 17.5. The third-order valence-corrected chi connectivity index (χ3v) is 5.18. The van der Waals surface area contributed by atoms with Gasteiger partial charge in [0.05, 0.1) is 4.88 Å². The second-order valence-corrected chi connectivity index (χ2v) is 6.84. The lowest BCUT2D eigenvalue weighted by atomic mass is 10.1. The van der Waals surface area contributed by atoms with E-state index in [0.29, 0.717) is 10.7 Å². The number of unbranched alkanes of at least 4 members (excludes halogenated alkanes) is 3. The van der Waals surface area contributed by atoms with Crippen LogP contribution in [-0.2, 0) is 0 Å². The van der Waals surface area contributed by atoms with Gasteiger partial charge >= 0.3 is 5.97 Å². The predicted molar refractivity (Wildman–Crippen MR) is 103 cm³/mol. The van der Waals surface area contributed by atoms with Crippen molar-refractivity contribution < 1.29 is 15.0 Å². The fourth-order valence-corrected chi connectivity index (χ4v) is 3.53. The number of anilines is 1. The van der Waals surface area contributed by atoms with Gasteiger partial charge in [0.1, 0.15) is 16.3 Å². The molecule has 0 radical (unpaired) electrons. The molecule has 0 amide bonds.